The van der Waals surface area contributed by atoms with Gasteiger partial charge in [-0.15, -0.1) is 0 Å². The van der Waals surface area contributed by atoms with Gasteiger partial charge in [0.1, 0.15) is 0 Å². The van der Waals surface area contributed by atoms with Crippen LogP contribution in [0.1, 0.15) is 27.9 Å². The lowest BCUT2D eigenvalue weighted by molar-refractivity contribution is 0.0986. The quantitative estimate of drug-likeness (QED) is 0.816. The van der Waals surface area contributed by atoms with E-state index in [-0.39, 0.29) is 5.78 Å². The fourth-order valence-electron chi connectivity index (χ4n) is 2.05. The number of benzene rings is 2. The van der Waals surface area contributed by atoms with Gasteiger partial charge in [0.05, 0.1) is 0 Å². The van der Waals surface area contributed by atoms with Crippen molar-refractivity contribution in [3.8, 4) is 0 Å². The molecule has 2 nitrogen and oxygen atoms in total. The van der Waals surface area contributed by atoms with Crippen LogP contribution in [0.5, 0.6) is 0 Å². The Labute approximate surface area is 114 Å². The van der Waals surface area contributed by atoms with Gasteiger partial charge in [0, 0.05) is 24.2 Å². The van der Waals surface area contributed by atoms with E-state index in [0.717, 1.165) is 22.4 Å². The number of rotatable bonds is 5. The van der Waals surface area contributed by atoms with Crippen LogP contribution < -0.4 is 5.32 Å². The van der Waals surface area contributed by atoms with Gasteiger partial charge < -0.3 is 5.32 Å². The molecule has 2 rings (SSSR count). The molecule has 0 unspecified atom stereocenters. The molecule has 0 atom stereocenters. The smallest absolute Gasteiger partial charge is 0.164 e. The normalized spacial score (nSPS) is 10.2. The third-order valence-electron chi connectivity index (χ3n) is 3.15. The Kier molecular flexibility index (Phi) is 4.35. The maximum absolute atomic E-state index is 12.2. The Morgan fingerprint density at radius 3 is 2.53 bits per heavy atom. The van der Waals surface area contributed by atoms with Gasteiger partial charge in [-0.3, -0.25) is 4.79 Å². The Hall–Kier alpha value is -2.09. The predicted molar refractivity (Wildman–Crippen MR) is 79.8 cm³/mol. The van der Waals surface area contributed by atoms with Crippen LogP contribution in [0.3, 0.4) is 0 Å². The summed E-state index contributed by atoms with van der Waals surface area (Å²) >= 11 is 0. The van der Waals surface area contributed by atoms with Crippen molar-refractivity contribution in [2.24, 2.45) is 0 Å². The average Bonchev–Trinajstić information content (AvgIpc) is 2.42. The molecule has 0 aliphatic rings. The summed E-state index contributed by atoms with van der Waals surface area (Å²) in [4.78, 5) is 12.2. The van der Waals surface area contributed by atoms with Gasteiger partial charge in [0.15, 0.2) is 5.78 Å². The molecule has 19 heavy (non-hydrogen) atoms. The first kappa shape index (κ1) is 13.3. The highest BCUT2D eigenvalue weighted by molar-refractivity contribution is 5.97. The molecule has 0 heterocycles. The number of ketones is 1. The van der Waals surface area contributed by atoms with E-state index in [9.17, 15) is 4.79 Å². The molecule has 0 amide bonds. The Morgan fingerprint density at radius 1 is 1.05 bits per heavy atom. The van der Waals surface area contributed by atoms with Gasteiger partial charge in [0.2, 0.25) is 0 Å². The number of nitrogens with one attached hydrogen (secondary N) is 1. The van der Waals surface area contributed by atoms with Crippen molar-refractivity contribution >= 4 is 11.5 Å². The Balaban J connectivity index is 1.93. The molecule has 2 heteroatoms. The topological polar surface area (TPSA) is 29.1 Å². The van der Waals surface area contributed by atoms with Crippen molar-refractivity contribution in [1.29, 1.82) is 0 Å². The minimum Gasteiger partial charge on any atom is -0.385 e. The number of hydrogen-bond acceptors (Lipinski definition) is 2. The van der Waals surface area contributed by atoms with Gasteiger partial charge >= 0.3 is 0 Å². The van der Waals surface area contributed by atoms with Gasteiger partial charge in [-0.05, 0) is 37.6 Å². The summed E-state index contributed by atoms with van der Waals surface area (Å²) in [5.74, 6) is 0.199. The highest BCUT2D eigenvalue weighted by Crippen LogP contribution is 2.13. The first-order valence-electron chi connectivity index (χ1n) is 6.56. The molecule has 0 aliphatic carbocycles. The van der Waals surface area contributed by atoms with Crippen LogP contribution in [0, 0.1) is 13.8 Å². The summed E-state index contributed by atoms with van der Waals surface area (Å²) in [6.07, 6.45) is 0.513. The van der Waals surface area contributed by atoms with E-state index >= 15 is 0 Å². The third kappa shape index (κ3) is 3.68. The number of carbonyl (C=O) groups is 1. The molecular weight excluding hydrogens is 234 g/mol. The second-order valence-electron chi connectivity index (χ2n) is 4.78. The van der Waals surface area contributed by atoms with Crippen LogP contribution in [0.15, 0.2) is 48.5 Å². The summed E-state index contributed by atoms with van der Waals surface area (Å²) in [5, 5.41) is 3.26. The molecule has 2 aromatic rings. The highest BCUT2D eigenvalue weighted by atomic mass is 16.1. The number of carbonyl (C=O) groups excluding carboxylic acids is 1. The van der Waals surface area contributed by atoms with Gasteiger partial charge in [-0.1, -0.05) is 35.9 Å². The fourth-order valence-corrected chi connectivity index (χ4v) is 2.05. The van der Waals surface area contributed by atoms with Gasteiger partial charge in [-0.2, -0.15) is 0 Å². The van der Waals surface area contributed by atoms with E-state index in [1.165, 1.54) is 0 Å². The molecular formula is C17H19NO. The average molecular weight is 253 g/mol. The molecule has 0 bridgehead atoms. The predicted octanol–water partition coefficient (Wildman–Crippen LogP) is 3.99. The molecule has 98 valence electrons. The molecule has 0 saturated heterocycles. The number of anilines is 1. The Bertz CT molecular complexity index is 561. The minimum atomic E-state index is 0.199. The fraction of sp³-hybridized carbons (Fsp3) is 0.235. The third-order valence-corrected chi connectivity index (χ3v) is 3.15. The zero-order valence-corrected chi connectivity index (χ0v) is 11.4. The maximum atomic E-state index is 12.2. The van der Waals surface area contributed by atoms with Crippen molar-refractivity contribution in [3.63, 3.8) is 0 Å². The van der Waals surface area contributed by atoms with Gasteiger partial charge in [-0.25, -0.2) is 0 Å². The lowest BCUT2D eigenvalue weighted by Gasteiger charge is -2.08. The molecule has 1 N–H and O–H groups in total. The van der Waals surface area contributed by atoms with E-state index in [4.69, 9.17) is 0 Å². The number of hydrogen-bond donors (Lipinski definition) is 1. The first-order valence-corrected chi connectivity index (χ1v) is 6.56. The standard InChI is InChI=1S/C17H19NO/c1-13-8-9-14(2)16(12-13)17(19)10-11-18-15-6-4-3-5-7-15/h3-9,12,18H,10-11H2,1-2H3. The summed E-state index contributed by atoms with van der Waals surface area (Å²) in [7, 11) is 0. The van der Waals surface area contributed by atoms with Crippen molar-refractivity contribution in [1.82, 2.24) is 0 Å². The second kappa shape index (κ2) is 6.19. The molecule has 0 saturated carbocycles. The lowest BCUT2D eigenvalue weighted by atomic mass is 10.0. The summed E-state index contributed by atoms with van der Waals surface area (Å²) in [5.41, 5.74) is 4.08. The minimum absolute atomic E-state index is 0.199. The highest BCUT2D eigenvalue weighted by Gasteiger charge is 2.08. The largest absolute Gasteiger partial charge is 0.385 e. The van der Waals surface area contributed by atoms with Gasteiger partial charge in [0.25, 0.3) is 0 Å². The van der Waals surface area contributed by atoms with Crippen molar-refractivity contribution in [2.45, 2.75) is 20.3 Å². The number of aryl methyl sites for hydroxylation is 2. The Morgan fingerprint density at radius 2 is 1.79 bits per heavy atom. The lowest BCUT2D eigenvalue weighted by Crippen LogP contribution is -2.10. The van der Waals surface area contributed by atoms with E-state index < -0.39 is 0 Å². The number of para-hydroxylation sites is 1. The first-order chi connectivity index (χ1) is 9.16. The monoisotopic (exact) mass is 253 g/mol. The molecule has 0 aliphatic heterocycles. The van der Waals surface area contributed by atoms with Crippen LogP contribution in [0.4, 0.5) is 5.69 Å². The molecule has 0 spiro atoms. The zero-order chi connectivity index (χ0) is 13.7. The second-order valence-corrected chi connectivity index (χ2v) is 4.78. The van der Waals surface area contributed by atoms with Crippen molar-refractivity contribution < 1.29 is 4.79 Å². The molecule has 0 radical (unpaired) electrons. The SMILES string of the molecule is Cc1ccc(C)c(C(=O)CCNc2ccccc2)c1. The molecule has 0 aromatic heterocycles. The zero-order valence-electron chi connectivity index (χ0n) is 11.4. The van der Waals surface area contributed by atoms with Crippen LogP contribution in [-0.2, 0) is 0 Å². The van der Waals surface area contributed by atoms with Crippen LogP contribution >= 0.6 is 0 Å². The van der Waals surface area contributed by atoms with E-state index in [1.54, 1.807) is 0 Å². The van der Waals surface area contributed by atoms with Crippen LogP contribution in [0.2, 0.25) is 0 Å². The van der Waals surface area contributed by atoms with Crippen molar-refractivity contribution in [2.75, 3.05) is 11.9 Å². The van der Waals surface area contributed by atoms with Crippen LogP contribution in [0.25, 0.3) is 0 Å². The van der Waals surface area contributed by atoms with Crippen molar-refractivity contribution in [3.05, 3.63) is 65.2 Å². The summed E-state index contributed by atoms with van der Waals surface area (Å²) in [6.45, 7) is 4.66. The number of Topliss-reactive ketones (excluding diaryl/α,β-unsaturated/α-hetero) is 1. The van der Waals surface area contributed by atoms with E-state index in [2.05, 4.69) is 5.32 Å². The van der Waals surface area contributed by atoms with E-state index in [1.807, 2.05) is 62.4 Å². The van der Waals surface area contributed by atoms with Crippen LogP contribution in [-0.4, -0.2) is 12.3 Å². The summed E-state index contributed by atoms with van der Waals surface area (Å²) < 4.78 is 0. The maximum Gasteiger partial charge on any atom is 0.164 e. The summed E-state index contributed by atoms with van der Waals surface area (Å²) in [6, 6.07) is 16.0. The molecule has 0 fully saturated rings. The molecule has 2 aromatic carbocycles. The van der Waals surface area contributed by atoms with E-state index in [0.29, 0.717) is 13.0 Å².